The fourth-order valence-electron chi connectivity index (χ4n) is 2.42. The summed E-state index contributed by atoms with van der Waals surface area (Å²) < 4.78 is 1.93. The summed E-state index contributed by atoms with van der Waals surface area (Å²) in [5.74, 6) is -0.722. The van der Waals surface area contributed by atoms with Gasteiger partial charge in [0, 0.05) is 23.5 Å². The van der Waals surface area contributed by atoms with E-state index in [4.69, 9.17) is 5.11 Å². The molecule has 1 N–H and O–H groups in total. The Morgan fingerprint density at radius 3 is 2.89 bits per heavy atom. The Kier molecular flexibility index (Phi) is 2.44. The van der Waals surface area contributed by atoms with Gasteiger partial charge in [0.15, 0.2) is 0 Å². The highest BCUT2D eigenvalue weighted by Crippen LogP contribution is 2.51. The van der Waals surface area contributed by atoms with Gasteiger partial charge in [-0.1, -0.05) is 12.1 Å². The Labute approximate surface area is 105 Å². The molecule has 0 spiro atoms. The van der Waals surface area contributed by atoms with E-state index < -0.39 is 5.97 Å². The van der Waals surface area contributed by atoms with Crippen LogP contribution in [-0.4, -0.2) is 20.6 Å². The van der Waals surface area contributed by atoms with E-state index in [0.717, 1.165) is 24.1 Å². The van der Waals surface area contributed by atoms with Crippen LogP contribution in [0.15, 0.2) is 43.0 Å². The summed E-state index contributed by atoms with van der Waals surface area (Å²) >= 11 is 0. The molecule has 0 aliphatic heterocycles. The van der Waals surface area contributed by atoms with Crippen LogP contribution in [0.1, 0.15) is 24.8 Å². The quantitative estimate of drug-likeness (QED) is 0.895. The molecule has 0 bridgehead atoms. The minimum Gasteiger partial charge on any atom is -0.481 e. The lowest BCUT2D eigenvalue weighted by atomic mass is 9.92. The molecule has 1 aliphatic carbocycles. The maximum absolute atomic E-state index is 10.9. The van der Waals surface area contributed by atoms with Gasteiger partial charge >= 0.3 is 5.97 Å². The van der Waals surface area contributed by atoms with Gasteiger partial charge < -0.3 is 9.67 Å². The van der Waals surface area contributed by atoms with Gasteiger partial charge in [0.2, 0.25) is 0 Å². The van der Waals surface area contributed by atoms with Crippen molar-refractivity contribution in [3.8, 4) is 5.69 Å². The number of aliphatic carboxylic acids is 1. The van der Waals surface area contributed by atoms with Crippen LogP contribution in [0.5, 0.6) is 0 Å². The monoisotopic (exact) mass is 242 g/mol. The van der Waals surface area contributed by atoms with E-state index in [2.05, 4.69) is 11.1 Å². The smallest absolute Gasteiger partial charge is 0.304 e. The fourth-order valence-corrected chi connectivity index (χ4v) is 2.42. The van der Waals surface area contributed by atoms with Crippen molar-refractivity contribution in [3.63, 3.8) is 0 Å². The van der Waals surface area contributed by atoms with Crippen molar-refractivity contribution < 1.29 is 9.90 Å². The average molecular weight is 242 g/mol. The van der Waals surface area contributed by atoms with E-state index in [9.17, 15) is 4.79 Å². The first-order valence-corrected chi connectivity index (χ1v) is 6.00. The van der Waals surface area contributed by atoms with Gasteiger partial charge in [-0.3, -0.25) is 4.79 Å². The number of benzene rings is 1. The van der Waals surface area contributed by atoms with Crippen LogP contribution in [0.3, 0.4) is 0 Å². The van der Waals surface area contributed by atoms with E-state index in [1.807, 2.05) is 29.0 Å². The molecule has 1 heterocycles. The van der Waals surface area contributed by atoms with Crippen molar-refractivity contribution in [1.82, 2.24) is 9.55 Å². The molecule has 1 aliphatic rings. The molecule has 1 fully saturated rings. The van der Waals surface area contributed by atoms with Gasteiger partial charge in [-0.15, -0.1) is 0 Å². The molecular formula is C14H14N2O2. The third kappa shape index (κ3) is 1.90. The van der Waals surface area contributed by atoms with Gasteiger partial charge in [-0.2, -0.15) is 0 Å². The molecule has 0 saturated heterocycles. The SMILES string of the molecule is O=C(O)CC1(c2cccc(-n3ccnc3)c2)CC1. The number of hydrogen-bond donors (Lipinski definition) is 1. The second-order valence-corrected chi connectivity index (χ2v) is 4.87. The van der Waals surface area contributed by atoms with Crippen LogP contribution in [0.25, 0.3) is 5.69 Å². The Balaban J connectivity index is 1.95. The number of carbonyl (C=O) groups is 1. The molecule has 2 aromatic rings. The fraction of sp³-hybridized carbons (Fsp3) is 0.286. The molecule has 0 amide bonds. The van der Waals surface area contributed by atoms with Gasteiger partial charge in [-0.05, 0) is 30.5 Å². The number of carboxylic acid groups (broad SMARTS) is 1. The number of imidazole rings is 1. The number of carboxylic acids is 1. The van der Waals surface area contributed by atoms with Crippen LogP contribution in [0.4, 0.5) is 0 Å². The highest BCUT2D eigenvalue weighted by atomic mass is 16.4. The van der Waals surface area contributed by atoms with Crippen LogP contribution >= 0.6 is 0 Å². The van der Waals surface area contributed by atoms with Gasteiger partial charge in [0.1, 0.15) is 0 Å². The van der Waals surface area contributed by atoms with Crippen molar-refractivity contribution in [1.29, 1.82) is 0 Å². The molecule has 4 nitrogen and oxygen atoms in total. The van der Waals surface area contributed by atoms with E-state index in [0.29, 0.717) is 0 Å². The van der Waals surface area contributed by atoms with Gasteiger partial charge in [0.05, 0.1) is 12.7 Å². The molecular weight excluding hydrogens is 228 g/mol. The Morgan fingerprint density at radius 1 is 1.44 bits per heavy atom. The minimum atomic E-state index is -0.722. The summed E-state index contributed by atoms with van der Waals surface area (Å²) in [5.41, 5.74) is 2.01. The minimum absolute atomic E-state index is 0.136. The molecule has 4 heteroatoms. The maximum atomic E-state index is 10.9. The van der Waals surface area contributed by atoms with E-state index in [1.54, 1.807) is 12.5 Å². The molecule has 92 valence electrons. The predicted octanol–water partition coefficient (Wildman–Crippen LogP) is 2.38. The number of aromatic nitrogens is 2. The normalized spacial score (nSPS) is 16.4. The van der Waals surface area contributed by atoms with E-state index in [-0.39, 0.29) is 11.8 Å². The van der Waals surface area contributed by atoms with Crippen molar-refractivity contribution in [2.75, 3.05) is 0 Å². The largest absolute Gasteiger partial charge is 0.481 e. The summed E-state index contributed by atoms with van der Waals surface area (Å²) in [6.45, 7) is 0. The van der Waals surface area contributed by atoms with Crippen LogP contribution < -0.4 is 0 Å². The molecule has 1 aromatic heterocycles. The summed E-state index contributed by atoms with van der Waals surface area (Å²) in [5, 5.41) is 8.99. The van der Waals surface area contributed by atoms with Crippen LogP contribution in [0.2, 0.25) is 0 Å². The topological polar surface area (TPSA) is 55.1 Å². The summed E-state index contributed by atoms with van der Waals surface area (Å²) in [6, 6.07) is 8.07. The Bertz CT molecular complexity index is 571. The summed E-state index contributed by atoms with van der Waals surface area (Å²) in [6.07, 6.45) is 7.52. The number of rotatable bonds is 4. The third-order valence-electron chi connectivity index (χ3n) is 3.60. The lowest BCUT2D eigenvalue weighted by Crippen LogP contribution is -2.13. The van der Waals surface area contributed by atoms with Gasteiger partial charge in [-0.25, -0.2) is 4.98 Å². The zero-order valence-corrected chi connectivity index (χ0v) is 9.91. The van der Waals surface area contributed by atoms with Crippen molar-refractivity contribution in [3.05, 3.63) is 48.5 Å². The highest BCUT2D eigenvalue weighted by molar-refractivity contribution is 5.70. The molecule has 0 atom stereocenters. The van der Waals surface area contributed by atoms with Crippen molar-refractivity contribution in [2.45, 2.75) is 24.7 Å². The van der Waals surface area contributed by atoms with E-state index in [1.165, 1.54) is 0 Å². The maximum Gasteiger partial charge on any atom is 0.304 e. The first-order chi connectivity index (χ1) is 8.70. The zero-order chi connectivity index (χ0) is 12.6. The average Bonchev–Trinajstić information content (AvgIpc) is 2.93. The lowest BCUT2D eigenvalue weighted by molar-refractivity contribution is -0.137. The second kappa shape index (κ2) is 3.98. The summed E-state index contributed by atoms with van der Waals surface area (Å²) in [7, 11) is 0. The van der Waals surface area contributed by atoms with Crippen LogP contribution in [-0.2, 0) is 10.2 Å². The standard InChI is InChI=1S/C14H14N2O2/c17-13(18)9-14(4-5-14)11-2-1-3-12(8-11)16-7-6-15-10-16/h1-3,6-8,10H,4-5,9H2,(H,17,18). The number of nitrogens with zero attached hydrogens (tertiary/aromatic N) is 2. The second-order valence-electron chi connectivity index (χ2n) is 4.87. The van der Waals surface area contributed by atoms with E-state index >= 15 is 0 Å². The molecule has 3 rings (SSSR count). The molecule has 1 saturated carbocycles. The predicted molar refractivity (Wildman–Crippen MR) is 66.7 cm³/mol. The first-order valence-electron chi connectivity index (χ1n) is 6.00. The first kappa shape index (κ1) is 11.0. The van der Waals surface area contributed by atoms with Crippen molar-refractivity contribution >= 4 is 5.97 Å². The molecule has 18 heavy (non-hydrogen) atoms. The van der Waals surface area contributed by atoms with Gasteiger partial charge in [0.25, 0.3) is 0 Å². The molecule has 0 unspecified atom stereocenters. The third-order valence-corrected chi connectivity index (χ3v) is 3.60. The zero-order valence-electron chi connectivity index (χ0n) is 9.91. The highest BCUT2D eigenvalue weighted by Gasteiger charge is 2.45. The number of hydrogen-bond acceptors (Lipinski definition) is 2. The Morgan fingerprint density at radius 2 is 2.28 bits per heavy atom. The van der Waals surface area contributed by atoms with Crippen molar-refractivity contribution in [2.24, 2.45) is 0 Å². The molecule has 0 radical (unpaired) electrons. The molecule has 1 aromatic carbocycles. The summed E-state index contributed by atoms with van der Waals surface area (Å²) in [4.78, 5) is 14.9. The Hall–Kier alpha value is -2.10. The lowest BCUT2D eigenvalue weighted by Gasteiger charge is -2.14. The van der Waals surface area contributed by atoms with Crippen LogP contribution in [0, 0.1) is 0 Å².